The number of hydrogen-bond acceptors (Lipinski definition) is 7. The summed E-state index contributed by atoms with van der Waals surface area (Å²) in [5, 5.41) is 4.66. The highest BCUT2D eigenvalue weighted by Gasteiger charge is 2.31. The van der Waals surface area contributed by atoms with E-state index in [0.717, 1.165) is 35.7 Å². The smallest absolute Gasteiger partial charge is 0.251 e. The summed E-state index contributed by atoms with van der Waals surface area (Å²) in [5.41, 5.74) is 7.07. The molecule has 2 fully saturated rings. The van der Waals surface area contributed by atoms with Gasteiger partial charge in [0.05, 0.1) is 11.1 Å². The van der Waals surface area contributed by atoms with Gasteiger partial charge in [-0.25, -0.2) is 22.8 Å². The van der Waals surface area contributed by atoms with Crippen LogP contribution in [0.1, 0.15) is 12.8 Å². The Bertz CT molecular complexity index is 1530. The molecule has 0 unspecified atom stereocenters. The minimum atomic E-state index is -0.724. The van der Waals surface area contributed by atoms with E-state index in [4.69, 9.17) is 15.5 Å². The lowest BCUT2D eigenvalue weighted by atomic mass is 10.1. The molecular weight excluding hydrogens is 499 g/mol. The Balaban J connectivity index is 1.40. The third-order valence-electron chi connectivity index (χ3n) is 6.87. The zero-order valence-corrected chi connectivity index (χ0v) is 20.3. The Morgan fingerprint density at radius 2 is 1.79 bits per heavy atom. The number of carbonyl (C=O) groups is 1. The van der Waals surface area contributed by atoms with E-state index >= 15 is 0 Å². The van der Waals surface area contributed by atoms with E-state index in [1.165, 1.54) is 12.1 Å². The summed E-state index contributed by atoms with van der Waals surface area (Å²) in [6.45, 7) is 2.44. The minimum absolute atomic E-state index is 0.0115. The fourth-order valence-corrected chi connectivity index (χ4v) is 4.92. The van der Waals surface area contributed by atoms with E-state index in [0.29, 0.717) is 50.0 Å². The number of halogens is 3. The molecule has 6 rings (SSSR count). The number of nitrogen functional groups attached to an aromatic ring is 1. The molecule has 4 heterocycles. The molecule has 2 aliphatic rings. The molecule has 0 spiro atoms. The average molecular weight is 524 g/mol. The summed E-state index contributed by atoms with van der Waals surface area (Å²) in [6.07, 6.45) is 1.22. The van der Waals surface area contributed by atoms with Gasteiger partial charge < -0.3 is 20.3 Å². The number of amides is 1. The number of anilines is 2. The monoisotopic (exact) mass is 523 g/mol. The number of carbonyl (C=O) groups excluding carboxylic acids is 1. The maximum absolute atomic E-state index is 14.6. The number of rotatable bonds is 4. The predicted octanol–water partition coefficient (Wildman–Crippen LogP) is 3.31. The summed E-state index contributed by atoms with van der Waals surface area (Å²) < 4.78 is 49.3. The number of ether oxygens (including phenoxy) is 1. The van der Waals surface area contributed by atoms with Crippen molar-refractivity contribution >= 4 is 28.7 Å². The van der Waals surface area contributed by atoms with Crippen molar-refractivity contribution in [2.45, 2.75) is 18.9 Å². The van der Waals surface area contributed by atoms with Gasteiger partial charge in [-0.3, -0.25) is 4.79 Å². The van der Waals surface area contributed by atoms with E-state index in [1.807, 2.05) is 4.90 Å². The summed E-state index contributed by atoms with van der Waals surface area (Å²) >= 11 is 0. The van der Waals surface area contributed by atoms with Crippen LogP contribution in [0.15, 0.2) is 42.5 Å². The number of hydrogen-bond donors (Lipinski definition) is 1. The SMILES string of the molecule is Nc1c2c(-c3cccc(F)c3)nc(N3CCN(C(=O)[C@@H]4CCCO4)CC3)nc2nn1-c1cc(F)ccc1F. The second-order valence-corrected chi connectivity index (χ2v) is 9.29. The summed E-state index contributed by atoms with van der Waals surface area (Å²) in [7, 11) is 0. The van der Waals surface area contributed by atoms with Gasteiger partial charge in [0, 0.05) is 44.4 Å². The van der Waals surface area contributed by atoms with Gasteiger partial charge >= 0.3 is 0 Å². The van der Waals surface area contributed by atoms with Crippen LogP contribution in [0.4, 0.5) is 24.9 Å². The first-order valence-electron chi connectivity index (χ1n) is 12.3. The highest BCUT2D eigenvalue weighted by Crippen LogP contribution is 2.34. The van der Waals surface area contributed by atoms with E-state index in [1.54, 1.807) is 17.0 Å². The Kier molecular flexibility index (Phi) is 6.10. The molecule has 0 aliphatic carbocycles. The average Bonchev–Trinajstić information content (AvgIpc) is 3.58. The van der Waals surface area contributed by atoms with Crippen molar-refractivity contribution in [2.75, 3.05) is 43.4 Å². The highest BCUT2D eigenvalue weighted by molar-refractivity contribution is 5.99. The fourth-order valence-electron chi connectivity index (χ4n) is 4.92. The number of piperazine rings is 1. The maximum Gasteiger partial charge on any atom is 0.251 e. The number of aromatic nitrogens is 4. The molecule has 2 saturated heterocycles. The van der Waals surface area contributed by atoms with Crippen LogP contribution in [0, 0.1) is 17.5 Å². The lowest BCUT2D eigenvalue weighted by Gasteiger charge is -2.35. The molecule has 1 atom stereocenters. The van der Waals surface area contributed by atoms with Gasteiger partial charge in [-0.2, -0.15) is 4.98 Å². The molecule has 0 saturated carbocycles. The molecule has 0 radical (unpaired) electrons. The first-order chi connectivity index (χ1) is 18.4. The fraction of sp³-hybridized carbons (Fsp3) is 0.308. The van der Waals surface area contributed by atoms with E-state index in [9.17, 15) is 18.0 Å². The van der Waals surface area contributed by atoms with Gasteiger partial charge in [-0.1, -0.05) is 12.1 Å². The predicted molar refractivity (Wildman–Crippen MR) is 134 cm³/mol. The molecule has 12 heteroatoms. The van der Waals surface area contributed by atoms with Gasteiger partial charge in [0.15, 0.2) is 5.65 Å². The van der Waals surface area contributed by atoms with Crippen LogP contribution in [0.25, 0.3) is 28.0 Å². The van der Waals surface area contributed by atoms with Crippen molar-refractivity contribution in [2.24, 2.45) is 0 Å². The molecule has 2 aliphatic heterocycles. The first-order valence-corrected chi connectivity index (χ1v) is 12.3. The second kappa shape index (κ2) is 9.60. The topological polar surface area (TPSA) is 102 Å². The van der Waals surface area contributed by atoms with Gasteiger partial charge in [-0.05, 0) is 37.1 Å². The zero-order valence-electron chi connectivity index (χ0n) is 20.3. The van der Waals surface area contributed by atoms with Crippen LogP contribution in [0.5, 0.6) is 0 Å². The Hall–Kier alpha value is -4.19. The van der Waals surface area contributed by atoms with Gasteiger partial charge in [0.1, 0.15) is 35.1 Å². The molecule has 9 nitrogen and oxygen atoms in total. The second-order valence-electron chi connectivity index (χ2n) is 9.29. The van der Waals surface area contributed by atoms with Crippen molar-refractivity contribution in [3.63, 3.8) is 0 Å². The Morgan fingerprint density at radius 3 is 2.53 bits per heavy atom. The quantitative estimate of drug-likeness (QED) is 0.438. The standard InChI is InChI=1S/C26H24F3N7O2/c27-16-4-1-3-15(13-16)22-21-23(30)36(19-14-17(28)6-7-18(19)29)33-24(21)32-26(31-22)35-10-8-34(9-11-35)25(37)20-5-2-12-38-20/h1,3-4,6-7,13-14,20H,2,5,8-12,30H2/t20-/m0/s1. The number of fused-ring (bicyclic) bond motifs is 1. The molecule has 196 valence electrons. The maximum atomic E-state index is 14.6. The van der Waals surface area contributed by atoms with Crippen LogP contribution >= 0.6 is 0 Å². The largest absolute Gasteiger partial charge is 0.383 e. The third-order valence-corrected chi connectivity index (χ3v) is 6.87. The molecule has 1 amide bonds. The molecule has 0 bridgehead atoms. The third kappa shape index (κ3) is 4.30. The van der Waals surface area contributed by atoms with Crippen molar-refractivity contribution in [1.82, 2.24) is 24.6 Å². The lowest BCUT2D eigenvalue weighted by Crippen LogP contribution is -2.51. The summed E-state index contributed by atoms with van der Waals surface area (Å²) in [5.74, 6) is -1.57. The van der Waals surface area contributed by atoms with Crippen molar-refractivity contribution in [3.8, 4) is 16.9 Å². The van der Waals surface area contributed by atoms with Crippen molar-refractivity contribution < 1.29 is 22.7 Å². The number of nitrogens with two attached hydrogens (primary N) is 1. The van der Waals surface area contributed by atoms with Crippen molar-refractivity contribution in [3.05, 3.63) is 59.9 Å². The Morgan fingerprint density at radius 1 is 1.00 bits per heavy atom. The van der Waals surface area contributed by atoms with Gasteiger partial charge in [0.25, 0.3) is 5.91 Å². The van der Waals surface area contributed by atoms with Crippen LogP contribution < -0.4 is 10.6 Å². The number of benzene rings is 2. The van der Waals surface area contributed by atoms with Crippen molar-refractivity contribution in [1.29, 1.82) is 0 Å². The molecule has 2 aromatic carbocycles. The van der Waals surface area contributed by atoms with Gasteiger partial charge in [-0.15, -0.1) is 5.10 Å². The molecular formula is C26H24F3N7O2. The highest BCUT2D eigenvalue weighted by atomic mass is 19.1. The Labute approximate surface area is 215 Å². The summed E-state index contributed by atoms with van der Waals surface area (Å²) in [6, 6.07) is 8.80. The van der Waals surface area contributed by atoms with Gasteiger partial charge in [0.2, 0.25) is 5.95 Å². The van der Waals surface area contributed by atoms with Crippen LogP contribution in [-0.2, 0) is 9.53 Å². The molecule has 4 aromatic rings. The molecule has 2 aromatic heterocycles. The lowest BCUT2D eigenvalue weighted by molar-refractivity contribution is -0.141. The first kappa shape index (κ1) is 24.2. The zero-order chi connectivity index (χ0) is 26.4. The summed E-state index contributed by atoms with van der Waals surface area (Å²) in [4.78, 5) is 25.7. The van der Waals surface area contributed by atoms with E-state index < -0.39 is 17.5 Å². The number of nitrogens with zero attached hydrogens (tertiary/aromatic N) is 6. The van der Waals surface area contributed by atoms with Crippen LogP contribution in [0.3, 0.4) is 0 Å². The minimum Gasteiger partial charge on any atom is -0.383 e. The normalized spacial score (nSPS) is 17.9. The van der Waals surface area contributed by atoms with Crippen LogP contribution in [-0.4, -0.2) is 69.4 Å². The van der Waals surface area contributed by atoms with E-state index in [2.05, 4.69) is 10.1 Å². The molecule has 2 N–H and O–H groups in total. The van der Waals surface area contributed by atoms with E-state index in [-0.39, 0.29) is 34.5 Å². The van der Waals surface area contributed by atoms with Crippen LogP contribution in [0.2, 0.25) is 0 Å². The molecule has 38 heavy (non-hydrogen) atoms.